The predicted molar refractivity (Wildman–Crippen MR) is 56.6 cm³/mol. The van der Waals surface area contributed by atoms with E-state index < -0.39 is 0 Å². The van der Waals surface area contributed by atoms with Crippen LogP contribution in [-0.4, -0.2) is 12.6 Å². The van der Waals surface area contributed by atoms with E-state index in [0.717, 1.165) is 16.5 Å². The number of fused-ring (bicyclic) bond motifs is 1. The smallest absolute Gasteiger partial charge is 0.310 e. The molecule has 0 aliphatic rings. The van der Waals surface area contributed by atoms with Crippen LogP contribution in [0.5, 0.6) is 0 Å². The normalized spacial score (nSPS) is 10.5. The molecule has 1 aromatic carbocycles. The van der Waals surface area contributed by atoms with Crippen molar-refractivity contribution in [2.45, 2.75) is 13.3 Å². The summed E-state index contributed by atoms with van der Waals surface area (Å²) in [4.78, 5) is 11.3. The first-order valence-electron chi connectivity index (χ1n) is 4.92. The maximum absolute atomic E-state index is 11.3. The van der Waals surface area contributed by atoms with E-state index in [9.17, 15) is 4.79 Å². The molecule has 0 amide bonds. The van der Waals surface area contributed by atoms with E-state index in [1.165, 1.54) is 0 Å². The zero-order valence-electron chi connectivity index (χ0n) is 8.53. The SMILES string of the molecule is CCOC(=O)Cc1coc2ccccc12. The lowest BCUT2D eigenvalue weighted by atomic mass is 10.1. The van der Waals surface area contributed by atoms with Gasteiger partial charge in [0.25, 0.3) is 0 Å². The molecule has 0 spiro atoms. The van der Waals surface area contributed by atoms with E-state index in [4.69, 9.17) is 9.15 Å². The van der Waals surface area contributed by atoms with Crippen molar-refractivity contribution in [2.24, 2.45) is 0 Å². The predicted octanol–water partition coefficient (Wildman–Crippen LogP) is 2.54. The minimum Gasteiger partial charge on any atom is -0.466 e. The Kier molecular flexibility index (Phi) is 2.72. The summed E-state index contributed by atoms with van der Waals surface area (Å²) in [6, 6.07) is 7.64. The summed E-state index contributed by atoms with van der Waals surface area (Å²) in [6.07, 6.45) is 1.88. The fourth-order valence-corrected chi connectivity index (χ4v) is 1.54. The van der Waals surface area contributed by atoms with Gasteiger partial charge in [-0.25, -0.2) is 0 Å². The van der Waals surface area contributed by atoms with Crippen molar-refractivity contribution >= 4 is 16.9 Å². The summed E-state index contributed by atoms with van der Waals surface area (Å²) in [5.74, 6) is -0.218. The summed E-state index contributed by atoms with van der Waals surface area (Å²) in [6.45, 7) is 2.21. The molecule has 0 unspecified atom stereocenters. The largest absolute Gasteiger partial charge is 0.466 e. The number of para-hydroxylation sites is 1. The Bertz CT molecular complexity index is 470. The molecule has 0 aliphatic carbocycles. The molecule has 0 aliphatic heterocycles. The molecule has 2 rings (SSSR count). The number of rotatable bonds is 3. The summed E-state index contributed by atoms with van der Waals surface area (Å²) in [5.41, 5.74) is 1.68. The number of furan rings is 1. The summed E-state index contributed by atoms with van der Waals surface area (Å²) < 4.78 is 10.2. The number of benzene rings is 1. The summed E-state index contributed by atoms with van der Waals surface area (Å²) >= 11 is 0. The molecule has 3 heteroatoms. The third-order valence-electron chi connectivity index (χ3n) is 2.20. The first-order valence-corrected chi connectivity index (χ1v) is 4.92. The van der Waals surface area contributed by atoms with Gasteiger partial charge in [0.15, 0.2) is 0 Å². The molecule has 2 aromatic rings. The molecule has 78 valence electrons. The minimum absolute atomic E-state index is 0.218. The van der Waals surface area contributed by atoms with E-state index in [0.29, 0.717) is 6.61 Å². The molecule has 0 N–H and O–H groups in total. The summed E-state index contributed by atoms with van der Waals surface area (Å²) in [5, 5.41) is 0.977. The fraction of sp³-hybridized carbons (Fsp3) is 0.250. The molecule has 1 heterocycles. The van der Waals surface area contributed by atoms with Gasteiger partial charge in [-0.3, -0.25) is 4.79 Å². The average Bonchev–Trinajstić information content (AvgIpc) is 2.62. The molecule has 0 atom stereocenters. The third-order valence-corrected chi connectivity index (χ3v) is 2.20. The highest BCUT2D eigenvalue weighted by Crippen LogP contribution is 2.21. The monoisotopic (exact) mass is 204 g/mol. The van der Waals surface area contributed by atoms with Crippen LogP contribution >= 0.6 is 0 Å². The lowest BCUT2D eigenvalue weighted by Crippen LogP contribution is -2.06. The van der Waals surface area contributed by atoms with E-state index in [1.54, 1.807) is 13.2 Å². The van der Waals surface area contributed by atoms with Crippen molar-refractivity contribution in [1.29, 1.82) is 0 Å². The van der Waals surface area contributed by atoms with Gasteiger partial charge < -0.3 is 9.15 Å². The van der Waals surface area contributed by atoms with Crippen molar-refractivity contribution in [3.63, 3.8) is 0 Å². The van der Waals surface area contributed by atoms with Gasteiger partial charge in [0.1, 0.15) is 5.58 Å². The first kappa shape index (κ1) is 9.77. The molecule has 0 bridgehead atoms. The Balaban J connectivity index is 2.25. The molecule has 15 heavy (non-hydrogen) atoms. The Morgan fingerprint density at radius 1 is 1.40 bits per heavy atom. The standard InChI is InChI=1S/C12H12O3/c1-2-14-12(13)7-9-8-15-11-6-4-3-5-10(9)11/h3-6,8H,2,7H2,1H3. The van der Waals surface area contributed by atoms with E-state index in [1.807, 2.05) is 24.3 Å². The zero-order chi connectivity index (χ0) is 10.7. The Morgan fingerprint density at radius 2 is 2.20 bits per heavy atom. The average molecular weight is 204 g/mol. The number of hydrogen-bond donors (Lipinski definition) is 0. The highest BCUT2D eigenvalue weighted by atomic mass is 16.5. The maximum Gasteiger partial charge on any atom is 0.310 e. The van der Waals surface area contributed by atoms with Crippen molar-refractivity contribution < 1.29 is 13.9 Å². The van der Waals surface area contributed by atoms with Gasteiger partial charge in [0.2, 0.25) is 0 Å². The molecule has 0 saturated heterocycles. The molecule has 0 saturated carbocycles. The molecular formula is C12H12O3. The van der Waals surface area contributed by atoms with Crippen LogP contribution < -0.4 is 0 Å². The van der Waals surface area contributed by atoms with Crippen LogP contribution in [-0.2, 0) is 16.0 Å². The zero-order valence-corrected chi connectivity index (χ0v) is 8.53. The second-order valence-corrected chi connectivity index (χ2v) is 3.24. The van der Waals surface area contributed by atoms with Gasteiger partial charge in [0, 0.05) is 10.9 Å². The number of ether oxygens (including phenoxy) is 1. The third kappa shape index (κ3) is 2.01. The summed E-state index contributed by atoms with van der Waals surface area (Å²) in [7, 11) is 0. The second kappa shape index (κ2) is 4.17. The van der Waals surface area contributed by atoms with Gasteiger partial charge in [-0.15, -0.1) is 0 Å². The van der Waals surface area contributed by atoms with Crippen molar-refractivity contribution in [3.05, 3.63) is 36.1 Å². The van der Waals surface area contributed by atoms with Gasteiger partial charge in [0.05, 0.1) is 19.3 Å². The Morgan fingerprint density at radius 3 is 3.00 bits per heavy atom. The van der Waals surface area contributed by atoms with Gasteiger partial charge in [-0.1, -0.05) is 18.2 Å². The lowest BCUT2D eigenvalue weighted by Gasteiger charge is -1.99. The number of carbonyl (C=O) groups is 1. The van der Waals surface area contributed by atoms with Crippen molar-refractivity contribution in [2.75, 3.05) is 6.61 Å². The van der Waals surface area contributed by atoms with Crippen LogP contribution in [0, 0.1) is 0 Å². The molecular weight excluding hydrogens is 192 g/mol. The van der Waals surface area contributed by atoms with E-state index in [2.05, 4.69) is 0 Å². The molecule has 0 fully saturated rings. The number of carbonyl (C=O) groups excluding carboxylic acids is 1. The van der Waals surface area contributed by atoms with Crippen LogP contribution in [0.25, 0.3) is 11.0 Å². The van der Waals surface area contributed by atoms with Crippen LogP contribution in [0.4, 0.5) is 0 Å². The Hall–Kier alpha value is -1.77. The van der Waals surface area contributed by atoms with Crippen LogP contribution in [0.3, 0.4) is 0 Å². The minimum atomic E-state index is -0.218. The fourth-order valence-electron chi connectivity index (χ4n) is 1.54. The number of esters is 1. The first-order chi connectivity index (χ1) is 7.31. The van der Waals surface area contributed by atoms with E-state index >= 15 is 0 Å². The quantitative estimate of drug-likeness (QED) is 0.721. The van der Waals surface area contributed by atoms with Crippen molar-refractivity contribution in [1.82, 2.24) is 0 Å². The number of hydrogen-bond acceptors (Lipinski definition) is 3. The van der Waals surface area contributed by atoms with Crippen LogP contribution in [0.2, 0.25) is 0 Å². The maximum atomic E-state index is 11.3. The van der Waals surface area contributed by atoms with Gasteiger partial charge in [-0.2, -0.15) is 0 Å². The lowest BCUT2D eigenvalue weighted by molar-refractivity contribution is -0.142. The molecule has 1 aromatic heterocycles. The highest BCUT2D eigenvalue weighted by Gasteiger charge is 2.09. The van der Waals surface area contributed by atoms with Gasteiger partial charge in [-0.05, 0) is 13.0 Å². The van der Waals surface area contributed by atoms with Crippen molar-refractivity contribution in [3.8, 4) is 0 Å². The van der Waals surface area contributed by atoms with Gasteiger partial charge >= 0.3 is 5.97 Å². The Labute approximate surface area is 87.6 Å². The highest BCUT2D eigenvalue weighted by molar-refractivity contribution is 5.85. The van der Waals surface area contributed by atoms with E-state index in [-0.39, 0.29) is 12.4 Å². The van der Waals surface area contributed by atoms with Crippen LogP contribution in [0.15, 0.2) is 34.9 Å². The topological polar surface area (TPSA) is 39.4 Å². The second-order valence-electron chi connectivity index (χ2n) is 3.24. The van der Waals surface area contributed by atoms with Crippen LogP contribution in [0.1, 0.15) is 12.5 Å². The molecule has 3 nitrogen and oxygen atoms in total. The molecule has 0 radical (unpaired) electrons.